The van der Waals surface area contributed by atoms with E-state index in [0.29, 0.717) is 6.42 Å². The number of carbonyl (C=O) groups excluding carboxylic acids is 1. The smallest absolute Gasteiger partial charge is 0.306 e. The van der Waals surface area contributed by atoms with Crippen LogP contribution in [0.25, 0.3) is 21.5 Å². The van der Waals surface area contributed by atoms with Gasteiger partial charge in [-0.05, 0) is 61.0 Å². The quantitative estimate of drug-likeness (QED) is 0.0847. The SMILES string of the molecule is CC(C)OC(=O)CCCCCCCCCCCCCCCCCOc1cccc2cc3ccccc3cc12. The molecule has 0 bridgehead atoms. The molecule has 0 amide bonds. The molecule has 0 atom stereocenters. The number of carbonyl (C=O) groups is 1. The van der Waals surface area contributed by atoms with Gasteiger partial charge in [-0.25, -0.2) is 0 Å². The van der Waals surface area contributed by atoms with Gasteiger partial charge in [0, 0.05) is 11.8 Å². The van der Waals surface area contributed by atoms with Crippen LogP contribution in [-0.2, 0) is 9.53 Å². The molecule has 0 spiro atoms. The number of ether oxygens (including phenoxy) is 2. The Morgan fingerprint density at radius 2 is 1.11 bits per heavy atom. The fourth-order valence-corrected chi connectivity index (χ4v) is 5.24. The predicted octanol–water partition coefficient (Wildman–Crippen LogP) is 10.6. The molecule has 0 aliphatic heterocycles. The van der Waals surface area contributed by atoms with Crippen molar-refractivity contribution >= 4 is 27.5 Å². The molecule has 0 N–H and O–H groups in total. The third-order valence-corrected chi connectivity index (χ3v) is 7.36. The maximum Gasteiger partial charge on any atom is 0.306 e. The van der Waals surface area contributed by atoms with Gasteiger partial charge in [-0.1, -0.05) is 120 Å². The summed E-state index contributed by atoms with van der Waals surface area (Å²) >= 11 is 0. The molecule has 0 aliphatic carbocycles. The highest BCUT2D eigenvalue weighted by molar-refractivity contribution is 6.00. The topological polar surface area (TPSA) is 35.5 Å². The lowest BCUT2D eigenvalue weighted by Crippen LogP contribution is -2.10. The highest BCUT2D eigenvalue weighted by Gasteiger charge is 2.05. The number of fused-ring (bicyclic) bond motifs is 2. The van der Waals surface area contributed by atoms with E-state index in [9.17, 15) is 4.79 Å². The van der Waals surface area contributed by atoms with Gasteiger partial charge in [0.25, 0.3) is 0 Å². The second-order valence-corrected chi connectivity index (χ2v) is 11.1. The van der Waals surface area contributed by atoms with Crippen molar-refractivity contribution in [2.45, 2.75) is 123 Å². The van der Waals surface area contributed by atoms with E-state index in [2.05, 4.69) is 54.6 Å². The van der Waals surface area contributed by atoms with Gasteiger partial charge in [-0.3, -0.25) is 4.79 Å². The molecule has 3 rings (SSSR count). The molecule has 208 valence electrons. The van der Waals surface area contributed by atoms with Crippen LogP contribution in [0, 0.1) is 0 Å². The Bertz CT molecular complexity index is 1070. The third-order valence-electron chi connectivity index (χ3n) is 7.36. The first kappa shape index (κ1) is 30.0. The summed E-state index contributed by atoms with van der Waals surface area (Å²) in [6.45, 7) is 4.62. The average Bonchev–Trinajstić information content (AvgIpc) is 2.91. The Balaban J connectivity index is 1.11. The largest absolute Gasteiger partial charge is 0.493 e. The monoisotopic (exact) mass is 518 g/mol. The molecule has 0 saturated carbocycles. The summed E-state index contributed by atoms with van der Waals surface area (Å²) in [7, 11) is 0. The lowest BCUT2D eigenvalue weighted by atomic mass is 10.0. The summed E-state index contributed by atoms with van der Waals surface area (Å²) in [5.74, 6) is 0.969. The molecule has 0 radical (unpaired) electrons. The zero-order chi connectivity index (χ0) is 26.8. The van der Waals surface area contributed by atoms with Crippen LogP contribution in [-0.4, -0.2) is 18.7 Å². The number of hydrogen-bond acceptors (Lipinski definition) is 3. The van der Waals surface area contributed by atoms with Crippen LogP contribution >= 0.6 is 0 Å². The highest BCUT2D eigenvalue weighted by atomic mass is 16.5. The number of rotatable bonds is 20. The van der Waals surface area contributed by atoms with Crippen molar-refractivity contribution in [3.8, 4) is 5.75 Å². The predicted molar refractivity (Wildman–Crippen MR) is 162 cm³/mol. The maximum absolute atomic E-state index is 11.5. The van der Waals surface area contributed by atoms with E-state index in [1.807, 2.05) is 13.8 Å². The molecule has 0 aliphatic rings. The normalized spacial score (nSPS) is 11.4. The fourth-order valence-electron chi connectivity index (χ4n) is 5.24. The molecule has 0 unspecified atom stereocenters. The Kier molecular flexibility index (Phi) is 14.1. The van der Waals surface area contributed by atoms with Crippen molar-refractivity contribution < 1.29 is 14.3 Å². The van der Waals surface area contributed by atoms with Crippen molar-refractivity contribution in [2.75, 3.05) is 6.61 Å². The van der Waals surface area contributed by atoms with Crippen LogP contribution in [0.4, 0.5) is 0 Å². The van der Waals surface area contributed by atoms with Gasteiger partial charge in [0.2, 0.25) is 0 Å². The van der Waals surface area contributed by atoms with Crippen molar-refractivity contribution in [3.05, 3.63) is 54.6 Å². The van der Waals surface area contributed by atoms with E-state index < -0.39 is 0 Å². The number of unbranched alkanes of at least 4 members (excludes halogenated alkanes) is 14. The molecule has 3 heteroatoms. The van der Waals surface area contributed by atoms with E-state index in [0.717, 1.165) is 31.6 Å². The molecule has 0 aromatic heterocycles. The van der Waals surface area contributed by atoms with Crippen LogP contribution in [0.3, 0.4) is 0 Å². The standard InChI is InChI=1S/C35H50O3/c1-29(2)38-35(36)25-16-14-12-10-8-6-4-3-5-7-9-11-13-15-19-26-37-34-24-20-23-32-27-30-21-17-18-22-31(30)28-33(32)34/h17-18,20-24,27-29H,3-16,19,25-26H2,1-2H3. The first-order chi connectivity index (χ1) is 18.6. The Morgan fingerprint density at radius 1 is 0.605 bits per heavy atom. The van der Waals surface area contributed by atoms with Crippen molar-refractivity contribution in [1.29, 1.82) is 0 Å². The number of hydrogen-bond donors (Lipinski definition) is 0. The molecular formula is C35H50O3. The molecule has 3 nitrogen and oxygen atoms in total. The van der Waals surface area contributed by atoms with Crippen LogP contribution in [0.1, 0.15) is 117 Å². The lowest BCUT2D eigenvalue weighted by molar-refractivity contribution is -0.147. The second kappa shape index (κ2) is 17.9. The summed E-state index contributed by atoms with van der Waals surface area (Å²) in [5, 5.41) is 5.01. The van der Waals surface area contributed by atoms with Crippen LogP contribution in [0.5, 0.6) is 5.75 Å². The van der Waals surface area contributed by atoms with E-state index >= 15 is 0 Å². The first-order valence-corrected chi connectivity index (χ1v) is 15.4. The molecule has 0 heterocycles. The van der Waals surface area contributed by atoms with Gasteiger partial charge < -0.3 is 9.47 Å². The summed E-state index contributed by atoms with van der Waals surface area (Å²) in [6.07, 6.45) is 19.9. The van der Waals surface area contributed by atoms with Crippen LogP contribution < -0.4 is 4.74 Å². The zero-order valence-corrected chi connectivity index (χ0v) is 24.0. The van der Waals surface area contributed by atoms with Crippen molar-refractivity contribution in [1.82, 2.24) is 0 Å². The molecule has 0 fully saturated rings. The molecule has 0 saturated heterocycles. The minimum absolute atomic E-state index is 0.0107. The Labute approximate surface area is 231 Å². The minimum atomic E-state index is -0.0418. The van der Waals surface area contributed by atoms with Crippen LogP contribution in [0.2, 0.25) is 0 Å². The van der Waals surface area contributed by atoms with Gasteiger partial charge in [-0.2, -0.15) is 0 Å². The lowest BCUT2D eigenvalue weighted by Gasteiger charge is -2.10. The van der Waals surface area contributed by atoms with Crippen molar-refractivity contribution in [2.24, 2.45) is 0 Å². The number of benzene rings is 3. The number of esters is 1. The van der Waals surface area contributed by atoms with E-state index in [1.165, 1.54) is 98.6 Å². The summed E-state index contributed by atoms with van der Waals surface area (Å²) < 4.78 is 11.4. The molecule has 3 aromatic carbocycles. The molecule has 3 aromatic rings. The molecule has 38 heavy (non-hydrogen) atoms. The maximum atomic E-state index is 11.5. The summed E-state index contributed by atoms with van der Waals surface area (Å²) in [4.78, 5) is 11.5. The van der Waals surface area contributed by atoms with Gasteiger partial charge >= 0.3 is 5.97 Å². The highest BCUT2D eigenvalue weighted by Crippen LogP contribution is 2.30. The van der Waals surface area contributed by atoms with E-state index in [-0.39, 0.29) is 12.1 Å². The van der Waals surface area contributed by atoms with E-state index in [1.54, 1.807) is 0 Å². The second-order valence-electron chi connectivity index (χ2n) is 11.1. The summed E-state index contributed by atoms with van der Waals surface area (Å²) in [6, 6.07) is 19.4. The van der Waals surface area contributed by atoms with Gasteiger partial charge in [0.15, 0.2) is 0 Å². The summed E-state index contributed by atoms with van der Waals surface area (Å²) in [5.41, 5.74) is 0. The van der Waals surface area contributed by atoms with Crippen LogP contribution in [0.15, 0.2) is 54.6 Å². The Morgan fingerprint density at radius 3 is 1.68 bits per heavy atom. The van der Waals surface area contributed by atoms with Gasteiger partial charge in [0.1, 0.15) is 5.75 Å². The van der Waals surface area contributed by atoms with Crippen molar-refractivity contribution in [3.63, 3.8) is 0 Å². The van der Waals surface area contributed by atoms with Gasteiger partial charge in [0.05, 0.1) is 12.7 Å². The van der Waals surface area contributed by atoms with Gasteiger partial charge in [-0.15, -0.1) is 0 Å². The molecular weight excluding hydrogens is 468 g/mol. The zero-order valence-electron chi connectivity index (χ0n) is 24.0. The fraction of sp³-hybridized carbons (Fsp3) is 0.571. The Hall–Kier alpha value is -2.55. The third kappa shape index (κ3) is 11.5. The minimum Gasteiger partial charge on any atom is -0.493 e. The first-order valence-electron chi connectivity index (χ1n) is 15.4. The average molecular weight is 519 g/mol. The van der Waals surface area contributed by atoms with E-state index in [4.69, 9.17) is 9.47 Å².